The Morgan fingerprint density at radius 3 is 2.43 bits per heavy atom. The Kier molecular flexibility index (Phi) is 4.66. The van der Waals surface area contributed by atoms with E-state index in [9.17, 15) is 10.1 Å². The lowest BCUT2D eigenvalue weighted by atomic mass is 10.3. The predicted molar refractivity (Wildman–Crippen MR) is 79.0 cm³/mol. The van der Waals surface area contributed by atoms with E-state index in [1.165, 1.54) is 18.3 Å². The van der Waals surface area contributed by atoms with Gasteiger partial charge in [0, 0.05) is 37.1 Å². The first-order valence-electron chi connectivity index (χ1n) is 6.27. The fourth-order valence-electron chi connectivity index (χ4n) is 1.66. The molecule has 2 rings (SSSR count). The molecule has 0 saturated heterocycles. The Morgan fingerprint density at radius 2 is 1.86 bits per heavy atom. The van der Waals surface area contributed by atoms with E-state index >= 15 is 0 Å². The largest absolute Gasteiger partial charge is 0.383 e. The van der Waals surface area contributed by atoms with E-state index < -0.39 is 4.92 Å². The number of aromatic nitrogens is 1. The van der Waals surface area contributed by atoms with Gasteiger partial charge in [-0.25, -0.2) is 4.98 Å². The maximum Gasteiger partial charge on any atom is 0.269 e. The maximum absolute atomic E-state index is 10.5. The number of pyridine rings is 1. The molecule has 0 saturated carbocycles. The number of hydrogen-bond acceptors (Lipinski definition) is 6. The lowest BCUT2D eigenvalue weighted by molar-refractivity contribution is -0.384. The van der Waals surface area contributed by atoms with Crippen molar-refractivity contribution in [1.82, 2.24) is 4.98 Å². The number of nitro benzene ring substituents is 1. The molecule has 7 heteroatoms. The van der Waals surface area contributed by atoms with Crippen LogP contribution in [-0.4, -0.2) is 23.0 Å². The number of rotatable bonds is 6. The minimum atomic E-state index is -0.429. The summed E-state index contributed by atoms with van der Waals surface area (Å²) in [5, 5.41) is 25.4. The van der Waals surface area contributed by atoms with Crippen molar-refractivity contribution >= 4 is 17.2 Å². The first-order chi connectivity index (χ1) is 10.2. The van der Waals surface area contributed by atoms with Crippen molar-refractivity contribution in [3.05, 3.63) is 58.3 Å². The van der Waals surface area contributed by atoms with Crippen LogP contribution < -0.4 is 10.6 Å². The van der Waals surface area contributed by atoms with Crippen molar-refractivity contribution in [3.8, 4) is 6.07 Å². The molecule has 0 unspecified atom stereocenters. The van der Waals surface area contributed by atoms with Gasteiger partial charge in [0.15, 0.2) is 0 Å². The first-order valence-corrected chi connectivity index (χ1v) is 6.27. The van der Waals surface area contributed by atoms with Crippen LogP contribution in [0.2, 0.25) is 0 Å². The highest BCUT2D eigenvalue weighted by atomic mass is 16.6. The summed E-state index contributed by atoms with van der Waals surface area (Å²) in [5.41, 5.74) is 1.40. The summed E-state index contributed by atoms with van der Waals surface area (Å²) in [7, 11) is 0. The highest BCUT2D eigenvalue weighted by Gasteiger charge is 2.03. The number of benzene rings is 1. The molecule has 0 atom stereocenters. The van der Waals surface area contributed by atoms with Gasteiger partial charge in [0.1, 0.15) is 11.9 Å². The Labute approximate surface area is 121 Å². The van der Waals surface area contributed by atoms with Crippen LogP contribution in [0.15, 0.2) is 42.6 Å². The van der Waals surface area contributed by atoms with Gasteiger partial charge in [0.2, 0.25) is 0 Å². The molecule has 21 heavy (non-hydrogen) atoms. The van der Waals surface area contributed by atoms with Crippen molar-refractivity contribution in [2.45, 2.75) is 0 Å². The molecule has 2 aromatic rings. The topological polar surface area (TPSA) is 104 Å². The molecule has 0 fully saturated rings. The molecule has 0 aliphatic carbocycles. The van der Waals surface area contributed by atoms with Gasteiger partial charge in [-0.2, -0.15) is 5.26 Å². The molecular weight excluding hydrogens is 270 g/mol. The van der Waals surface area contributed by atoms with E-state index in [1.807, 2.05) is 6.07 Å². The lowest BCUT2D eigenvalue weighted by Gasteiger charge is -2.08. The molecule has 0 radical (unpaired) electrons. The van der Waals surface area contributed by atoms with Gasteiger partial charge in [-0.15, -0.1) is 0 Å². The molecular formula is C14H13N5O2. The van der Waals surface area contributed by atoms with Gasteiger partial charge in [-0.05, 0) is 24.3 Å². The number of non-ortho nitro benzene ring substituents is 1. The lowest BCUT2D eigenvalue weighted by Crippen LogP contribution is -2.14. The van der Waals surface area contributed by atoms with Crippen LogP contribution in [0.25, 0.3) is 0 Å². The number of hydrogen-bond donors (Lipinski definition) is 2. The van der Waals surface area contributed by atoms with Crippen molar-refractivity contribution in [3.63, 3.8) is 0 Å². The summed E-state index contributed by atoms with van der Waals surface area (Å²) in [6, 6.07) is 11.7. The van der Waals surface area contributed by atoms with Crippen molar-refractivity contribution in [1.29, 1.82) is 5.26 Å². The third-order valence-corrected chi connectivity index (χ3v) is 2.73. The minimum absolute atomic E-state index is 0.0699. The standard InChI is InChI=1S/C14H13N5O2/c15-9-11-1-6-14(18-10-11)17-8-7-16-12-2-4-13(5-3-12)19(20)21/h1-6,10,16H,7-8H2,(H,17,18). The second-order valence-corrected chi connectivity index (χ2v) is 4.20. The van der Waals surface area contributed by atoms with Crippen LogP contribution in [0.1, 0.15) is 5.56 Å². The number of nitriles is 1. The summed E-state index contributed by atoms with van der Waals surface area (Å²) < 4.78 is 0. The molecule has 1 aromatic heterocycles. The highest BCUT2D eigenvalue weighted by molar-refractivity contribution is 5.48. The monoisotopic (exact) mass is 283 g/mol. The molecule has 0 aliphatic rings. The minimum Gasteiger partial charge on any atom is -0.383 e. The van der Waals surface area contributed by atoms with Gasteiger partial charge in [-0.1, -0.05) is 0 Å². The Bertz CT molecular complexity index is 647. The number of anilines is 2. The Balaban J connectivity index is 1.76. The predicted octanol–water partition coefficient (Wildman–Crippen LogP) is 2.39. The fourth-order valence-corrected chi connectivity index (χ4v) is 1.66. The zero-order chi connectivity index (χ0) is 15.1. The quantitative estimate of drug-likeness (QED) is 0.479. The molecule has 106 valence electrons. The molecule has 1 heterocycles. The highest BCUT2D eigenvalue weighted by Crippen LogP contribution is 2.15. The Hall–Kier alpha value is -3.14. The average molecular weight is 283 g/mol. The summed E-state index contributed by atoms with van der Waals surface area (Å²) in [5.74, 6) is 0.694. The fraction of sp³-hybridized carbons (Fsp3) is 0.143. The van der Waals surface area contributed by atoms with Crippen LogP contribution in [0.3, 0.4) is 0 Å². The maximum atomic E-state index is 10.5. The van der Waals surface area contributed by atoms with E-state index in [0.29, 0.717) is 24.5 Å². The zero-order valence-corrected chi connectivity index (χ0v) is 11.1. The first kappa shape index (κ1) is 14.3. The number of nitrogens with zero attached hydrogens (tertiary/aromatic N) is 3. The Morgan fingerprint density at radius 1 is 1.14 bits per heavy atom. The summed E-state index contributed by atoms with van der Waals surface area (Å²) >= 11 is 0. The SMILES string of the molecule is N#Cc1ccc(NCCNc2ccc([N+](=O)[O-])cc2)nc1. The third-order valence-electron chi connectivity index (χ3n) is 2.73. The van der Waals surface area contributed by atoms with Gasteiger partial charge >= 0.3 is 0 Å². The van der Waals surface area contributed by atoms with Crippen LogP contribution in [0.5, 0.6) is 0 Å². The summed E-state index contributed by atoms with van der Waals surface area (Å²) in [4.78, 5) is 14.2. The van der Waals surface area contributed by atoms with E-state index in [0.717, 1.165) is 5.69 Å². The normalized spacial score (nSPS) is 9.67. The van der Waals surface area contributed by atoms with Crippen LogP contribution in [0, 0.1) is 21.4 Å². The smallest absolute Gasteiger partial charge is 0.269 e. The molecule has 7 nitrogen and oxygen atoms in total. The van der Waals surface area contributed by atoms with Gasteiger partial charge in [0.25, 0.3) is 5.69 Å². The third kappa shape index (κ3) is 4.18. The van der Waals surface area contributed by atoms with Crippen molar-refractivity contribution < 1.29 is 4.92 Å². The van der Waals surface area contributed by atoms with Gasteiger partial charge in [0.05, 0.1) is 10.5 Å². The molecule has 0 bridgehead atoms. The molecule has 0 amide bonds. The van der Waals surface area contributed by atoms with Gasteiger partial charge in [-0.3, -0.25) is 10.1 Å². The average Bonchev–Trinajstić information content (AvgIpc) is 2.52. The van der Waals surface area contributed by atoms with E-state index in [-0.39, 0.29) is 5.69 Å². The van der Waals surface area contributed by atoms with Crippen molar-refractivity contribution in [2.24, 2.45) is 0 Å². The zero-order valence-electron chi connectivity index (χ0n) is 11.1. The van der Waals surface area contributed by atoms with E-state index in [4.69, 9.17) is 5.26 Å². The van der Waals surface area contributed by atoms with Gasteiger partial charge < -0.3 is 10.6 Å². The van der Waals surface area contributed by atoms with E-state index in [2.05, 4.69) is 15.6 Å². The number of nitro groups is 1. The second-order valence-electron chi connectivity index (χ2n) is 4.20. The van der Waals surface area contributed by atoms with Crippen LogP contribution >= 0.6 is 0 Å². The molecule has 0 aliphatic heterocycles. The second kappa shape index (κ2) is 6.86. The van der Waals surface area contributed by atoms with E-state index in [1.54, 1.807) is 24.3 Å². The summed E-state index contributed by atoms with van der Waals surface area (Å²) in [6.07, 6.45) is 1.51. The molecule has 1 aromatic carbocycles. The van der Waals surface area contributed by atoms with Crippen molar-refractivity contribution in [2.75, 3.05) is 23.7 Å². The molecule has 2 N–H and O–H groups in total. The summed E-state index contributed by atoms with van der Waals surface area (Å²) in [6.45, 7) is 1.27. The van der Waals surface area contributed by atoms with Crippen LogP contribution in [0.4, 0.5) is 17.2 Å². The molecule has 0 spiro atoms. The number of nitrogens with one attached hydrogen (secondary N) is 2. The van der Waals surface area contributed by atoms with Crippen LogP contribution in [-0.2, 0) is 0 Å².